The van der Waals surface area contributed by atoms with Crippen LogP contribution in [0, 0.1) is 6.92 Å². The zero-order valence-electron chi connectivity index (χ0n) is 9.59. The van der Waals surface area contributed by atoms with Gasteiger partial charge in [0.15, 0.2) is 0 Å². The van der Waals surface area contributed by atoms with E-state index in [9.17, 15) is 4.79 Å². The molecule has 1 saturated heterocycles. The molecular weight excluding hydrogens is 284 g/mol. The average Bonchev–Trinajstić information content (AvgIpc) is 2.32. The molecule has 2 rings (SSSR count). The summed E-state index contributed by atoms with van der Waals surface area (Å²) < 4.78 is 0.816. The number of amides is 1. The summed E-state index contributed by atoms with van der Waals surface area (Å²) in [5.41, 5.74) is 7.31. The van der Waals surface area contributed by atoms with Crippen LogP contribution < -0.4 is 16.4 Å². The van der Waals surface area contributed by atoms with Crippen LogP contribution in [0.1, 0.15) is 18.4 Å². The van der Waals surface area contributed by atoms with Gasteiger partial charge in [0, 0.05) is 6.54 Å². The second-order valence-corrected chi connectivity index (χ2v) is 4.92. The normalized spacial score (nSPS) is 19.9. The second-order valence-electron chi connectivity index (χ2n) is 4.13. The molecule has 1 aliphatic heterocycles. The summed E-state index contributed by atoms with van der Waals surface area (Å²) >= 11 is 3.44. The van der Waals surface area contributed by atoms with Crippen LogP contribution in [-0.2, 0) is 4.79 Å². The SMILES string of the molecule is Cc1c(N)cnc(NC2CCCNC2=O)c1Br. The van der Waals surface area contributed by atoms with Gasteiger partial charge in [-0.15, -0.1) is 0 Å². The monoisotopic (exact) mass is 298 g/mol. The van der Waals surface area contributed by atoms with E-state index in [4.69, 9.17) is 5.73 Å². The Bertz CT molecular complexity index is 449. The van der Waals surface area contributed by atoms with Gasteiger partial charge in [0.1, 0.15) is 11.9 Å². The summed E-state index contributed by atoms with van der Waals surface area (Å²) in [5, 5.41) is 5.97. The standard InChI is InChI=1S/C11H15BrN4O/c1-6-7(13)5-15-10(9(6)12)16-8-3-2-4-14-11(8)17/h5,8H,2-4,13H2,1H3,(H,14,17)(H,15,16). The number of anilines is 2. The molecule has 0 saturated carbocycles. The van der Waals surface area contributed by atoms with Gasteiger partial charge in [-0.1, -0.05) is 0 Å². The van der Waals surface area contributed by atoms with Gasteiger partial charge in [0.25, 0.3) is 0 Å². The predicted octanol–water partition coefficient (Wildman–Crippen LogP) is 1.43. The molecule has 2 heterocycles. The number of carbonyl (C=O) groups is 1. The van der Waals surface area contributed by atoms with E-state index < -0.39 is 0 Å². The van der Waals surface area contributed by atoms with Crippen LogP contribution in [0.3, 0.4) is 0 Å². The first-order valence-corrected chi connectivity index (χ1v) is 6.33. The third-order valence-corrected chi connectivity index (χ3v) is 3.87. The zero-order chi connectivity index (χ0) is 12.4. The van der Waals surface area contributed by atoms with E-state index in [-0.39, 0.29) is 11.9 Å². The summed E-state index contributed by atoms with van der Waals surface area (Å²) in [7, 11) is 0. The molecule has 5 nitrogen and oxygen atoms in total. The van der Waals surface area contributed by atoms with E-state index in [1.807, 2.05) is 6.92 Å². The highest BCUT2D eigenvalue weighted by molar-refractivity contribution is 9.10. The van der Waals surface area contributed by atoms with Crippen molar-refractivity contribution < 1.29 is 4.79 Å². The predicted molar refractivity (Wildman–Crippen MR) is 70.7 cm³/mol. The number of nitrogen functional groups attached to an aromatic ring is 1. The van der Waals surface area contributed by atoms with Gasteiger partial charge in [-0.25, -0.2) is 4.98 Å². The molecule has 0 radical (unpaired) electrons. The first-order valence-electron chi connectivity index (χ1n) is 5.54. The molecule has 0 bridgehead atoms. The topological polar surface area (TPSA) is 80.0 Å². The number of nitrogens with zero attached hydrogens (tertiary/aromatic N) is 1. The molecule has 1 unspecified atom stereocenters. The molecule has 17 heavy (non-hydrogen) atoms. The molecule has 1 fully saturated rings. The molecule has 1 amide bonds. The molecule has 6 heteroatoms. The van der Waals surface area contributed by atoms with Gasteiger partial charge in [-0.3, -0.25) is 4.79 Å². The molecule has 0 aliphatic carbocycles. The number of piperidine rings is 1. The summed E-state index contributed by atoms with van der Waals surface area (Å²) in [4.78, 5) is 15.8. The maximum Gasteiger partial charge on any atom is 0.242 e. The lowest BCUT2D eigenvalue weighted by atomic mass is 10.1. The van der Waals surface area contributed by atoms with Gasteiger partial charge in [0.05, 0.1) is 16.4 Å². The van der Waals surface area contributed by atoms with Gasteiger partial charge in [-0.05, 0) is 41.3 Å². The molecule has 0 aromatic carbocycles. The largest absolute Gasteiger partial charge is 0.397 e. The minimum absolute atomic E-state index is 0.0272. The van der Waals surface area contributed by atoms with Crippen molar-refractivity contribution in [1.29, 1.82) is 0 Å². The number of rotatable bonds is 2. The Morgan fingerprint density at radius 3 is 3.12 bits per heavy atom. The maximum absolute atomic E-state index is 11.6. The Hall–Kier alpha value is -1.30. The number of pyridine rings is 1. The van der Waals surface area contributed by atoms with Gasteiger partial charge >= 0.3 is 0 Å². The maximum atomic E-state index is 11.6. The Morgan fingerprint density at radius 1 is 1.65 bits per heavy atom. The third kappa shape index (κ3) is 2.52. The highest BCUT2D eigenvalue weighted by atomic mass is 79.9. The van der Waals surface area contributed by atoms with Crippen molar-refractivity contribution in [3.8, 4) is 0 Å². The second kappa shape index (κ2) is 4.91. The van der Waals surface area contributed by atoms with E-state index in [2.05, 4.69) is 31.5 Å². The third-order valence-electron chi connectivity index (χ3n) is 2.90. The van der Waals surface area contributed by atoms with E-state index in [1.54, 1.807) is 6.20 Å². The van der Waals surface area contributed by atoms with Crippen LogP contribution in [-0.4, -0.2) is 23.5 Å². The minimum atomic E-state index is -0.212. The van der Waals surface area contributed by atoms with Gasteiger partial charge < -0.3 is 16.4 Å². The molecular formula is C11H15BrN4O. The van der Waals surface area contributed by atoms with Crippen LogP contribution in [0.4, 0.5) is 11.5 Å². The number of halogens is 1. The van der Waals surface area contributed by atoms with Crippen molar-refractivity contribution in [3.63, 3.8) is 0 Å². The van der Waals surface area contributed by atoms with Crippen LogP contribution in [0.5, 0.6) is 0 Å². The Kier molecular flexibility index (Phi) is 3.51. The Balaban J connectivity index is 2.18. The van der Waals surface area contributed by atoms with E-state index >= 15 is 0 Å². The smallest absolute Gasteiger partial charge is 0.242 e. The minimum Gasteiger partial charge on any atom is -0.397 e. The van der Waals surface area contributed by atoms with E-state index in [1.165, 1.54) is 0 Å². The summed E-state index contributed by atoms with van der Waals surface area (Å²) in [6.45, 7) is 2.67. The molecule has 1 aromatic rings. The van der Waals surface area contributed by atoms with Crippen molar-refractivity contribution in [2.24, 2.45) is 0 Å². The fourth-order valence-electron chi connectivity index (χ4n) is 1.77. The van der Waals surface area contributed by atoms with Crippen LogP contribution >= 0.6 is 15.9 Å². The van der Waals surface area contributed by atoms with E-state index in [0.717, 1.165) is 29.4 Å². The van der Waals surface area contributed by atoms with Crippen LogP contribution in [0.15, 0.2) is 10.7 Å². The van der Waals surface area contributed by atoms with Crippen molar-refractivity contribution in [3.05, 3.63) is 16.2 Å². The number of carbonyl (C=O) groups excluding carboxylic acids is 1. The first kappa shape index (κ1) is 12.2. The van der Waals surface area contributed by atoms with Crippen molar-refractivity contribution in [2.75, 3.05) is 17.6 Å². The Labute approximate surface area is 108 Å². The number of hydrogen-bond donors (Lipinski definition) is 3. The molecule has 0 spiro atoms. The van der Waals surface area contributed by atoms with Crippen molar-refractivity contribution in [1.82, 2.24) is 10.3 Å². The van der Waals surface area contributed by atoms with E-state index in [0.29, 0.717) is 11.5 Å². The van der Waals surface area contributed by atoms with Crippen molar-refractivity contribution >= 4 is 33.3 Å². The number of nitrogens with one attached hydrogen (secondary N) is 2. The summed E-state index contributed by atoms with van der Waals surface area (Å²) in [6.07, 6.45) is 3.40. The zero-order valence-corrected chi connectivity index (χ0v) is 11.2. The quantitative estimate of drug-likeness (QED) is 0.771. The lowest BCUT2D eigenvalue weighted by Crippen LogP contribution is -2.44. The molecule has 1 atom stereocenters. The fraction of sp³-hybridized carbons (Fsp3) is 0.455. The number of hydrogen-bond acceptors (Lipinski definition) is 4. The molecule has 1 aliphatic rings. The number of aromatic nitrogens is 1. The fourth-order valence-corrected chi connectivity index (χ4v) is 2.21. The average molecular weight is 299 g/mol. The lowest BCUT2D eigenvalue weighted by molar-refractivity contribution is -0.123. The molecule has 1 aromatic heterocycles. The number of nitrogens with two attached hydrogens (primary N) is 1. The molecule has 4 N–H and O–H groups in total. The summed E-state index contributed by atoms with van der Waals surface area (Å²) in [6, 6.07) is -0.212. The van der Waals surface area contributed by atoms with Gasteiger partial charge in [-0.2, -0.15) is 0 Å². The Morgan fingerprint density at radius 2 is 2.41 bits per heavy atom. The van der Waals surface area contributed by atoms with Crippen LogP contribution in [0.2, 0.25) is 0 Å². The highest BCUT2D eigenvalue weighted by Crippen LogP contribution is 2.28. The first-order chi connectivity index (χ1) is 8.09. The molecule has 92 valence electrons. The highest BCUT2D eigenvalue weighted by Gasteiger charge is 2.23. The lowest BCUT2D eigenvalue weighted by Gasteiger charge is -2.24. The van der Waals surface area contributed by atoms with Gasteiger partial charge in [0.2, 0.25) is 5.91 Å². The van der Waals surface area contributed by atoms with Crippen molar-refractivity contribution in [2.45, 2.75) is 25.8 Å². The summed E-state index contributed by atoms with van der Waals surface area (Å²) in [5.74, 6) is 0.693. The van der Waals surface area contributed by atoms with Crippen LogP contribution in [0.25, 0.3) is 0 Å².